The molecule has 2 N–H and O–H groups in total. The van der Waals surface area contributed by atoms with E-state index in [2.05, 4.69) is 10.6 Å². The standard InChI is InChI=1S/C13H24N2O2/c1-9(2)8-14-10(16)13(6-7-13)11(17)15-12(3,4)5/h9H,6-8H2,1-5H3,(H,14,16)(H,15,17). The van der Waals surface area contributed by atoms with Gasteiger partial charge in [-0.25, -0.2) is 0 Å². The smallest absolute Gasteiger partial charge is 0.236 e. The van der Waals surface area contributed by atoms with Crippen LogP contribution in [0.4, 0.5) is 0 Å². The zero-order valence-corrected chi connectivity index (χ0v) is 11.5. The zero-order valence-electron chi connectivity index (χ0n) is 11.5. The largest absolute Gasteiger partial charge is 0.355 e. The molecule has 0 aromatic carbocycles. The van der Waals surface area contributed by atoms with Crippen LogP contribution in [-0.4, -0.2) is 23.9 Å². The maximum absolute atomic E-state index is 12.1. The van der Waals surface area contributed by atoms with Gasteiger partial charge in [-0.3, -0.25) is 9.59 Å². The predicted molar refractivity (Wildman–Crippen MR) is 67.4 cm³/mol. The lowest BCUT2D eigenvalue weighted by molar-refractivity contribution is -0.138. The van der Waals surface area contributed by atoms with Gasteiger partial charge >= 0.3 is 0 Å². The number of hydrogen-bond donors (Lipinski definition) is 2. The quantitative estimate of drug-likeness (QED) is 0.731. The van der Waals surface area contributed by atoms with Crippen molar-refractivity contribution in [3.63, 3.8) is 0 Å². The molecule has 0 bridgehead atoms. The van der Waals surface area contributed by atoms with Gasteiger partial charge in [0.15, 0.2) is 0 Å². The van der Waals surface area contributed by atoms with Crippen LogP contribution in [0, 0.1) is 11.3 Å². The van der Waals surface area contributed by atoms with Gasteiger partial charge in [0.2, 0.25) is 11.8 Å². The van der Waals surface area contributed by atoms with Crippen LogP contribution < -0.4 is 10.6 Å². The normalized spacial score (nSPS) is 17.8. The molecule has 1 aliphatic carbocycles. The molecule has 4 heteroatoms. The van der Waals surface area contributed by atoms with E-state index in [-0.39, 0.29) is 17.4 Å². The average molecular weight is 240 g/mol. The van der Waals surface area contributed by atoms with Crippen LogP contribution in [0.15, 0.2) is 0 Å². The van der Waals surface area contributed by atoms with Gasteiger partial charge in [-0.05, 0) is 39.5 Å². The van der Waals surface area contributed by atoms with Crippen LogP contribution in [0.1, 0.15) is 47.5 Å². The van der Waals surface area contributed by atoms with E-state index in [0.717, 1.165) is 0 Å². The Morgan fingerprint density at radius 3 is 2.06 bits per heavy atom. The topological polar surface area (TPSA) is 58.2 Å². The summed E-state index contributed by atoms with van der Waals surface area (Å²) >= 11 is 0. The second kappa shape index (κ2) is 4.67. The fourth-order valence-corrected chi connectivity index (χ4v) is 1.61. The van der Waals surface area contributed by atoms with Crippen molar-refractivity contribution in [1.82, 2.24) is 10.6 Å². The van der Waals surface area contributed by atoms with Gasteiger partial charge in [-0.1, -0.05) is 13.8 Å². The van der Waals surface area contributed by atoms with E-state index in [1.807, 2.05) is 34.6 Å². The van der Waals surface area contributed by atoms with Gasteiger partial charge in [0.05, 0.1) is 0 Å². The molecule has 0 aromatic rings. The van der Waals surface area contributed by atoms with Crippen LogP contribution >= 0.6 is 0 Å². The van der Waals surface area contributed by atoms with Crippen molar-refractivity contribution in [2.45, 2.75) is 53.0 Å². The Morgan fingerprint density at radius 1 is 1.18 bits per heavy atom. The molecule has 17 heavy (non-hydrogen) atoms. The van der Waals surface area contributed by atoms with Crippen molar-refractivity contribution in [3.8, 4) is 0 Å². The minimum Gasteiger partial charge on any atom is -0.355 e. The van der Waals surface area contributed by atoms with Crippen molar-refractivity contribution in [3.05, 3.63) is 0 Å². The average Bonchev–Trinajstić information content (AvgIpc) is 2.91. The molecule has 4 nitrogen and oxygen atoms in total. The fourth-order valence-electron chi connectivity index (χ4n) is 1.61. The first-order valence-electron chi connectivity index (χ1n) is 6.28. The number of carbonyl (C=O) groups is 2. The van der Waals surface area contributed by atoms with E-state index in [0.29, 0.717) is 25.3 Å². The molecular weight excluding hydrogens is 216 g/mol. The van der Waals surface area contributed by atoms with Crippen LogP contribution in [-0.2, 0) is 9.59 Å². The summed E-state index contributed by atoms with van der Waals surface area (Å²) in [6.07, 6.45) is 1.33. The number of amides is 2. The first-order chi connectivity index (χ1) is 7.67. The molecule has 0 heterocycles. The number of rotatable bonds is 4. The van der Waals surface area contributed by atoms with Crippen molar-refractivity contribution < 1.29 is 9.59 Å². The number of nitrogens with one attached hydrogen (secondary N) is 2. The summed E-state index contributed by atoms with van der Waals surface area (Å²) in [6, 6.07) is 0. The molecule has 1 rings (SSSR count). The predicted octanol–water partition coefficient (Wildman–Crippen LogP) is 1.45. The van der Waals surface area contributed by atoms with Crippen molar-refractivity contribution in [1.29, 1.82) is 0 Å². The van der Waals surface area contributed by atoms with E-state index >= 15 is 0 Å². The summed E-state index contributed by atoms with van der Waals surface area (Å²) in [5.41, 5.74) is -1.08. The first-order valence-corrected chi connectivity index (χ1v) is 6.28. The third-order valence-electron chi connectivity index (χ3n) is 2.78. The van der Waals surface area contributed by atoms with E-state index in [9.17, 15) is 9.59 Å². The monoisotopic (exact) mass is 240 g/mol. The third-order valence-corrected chi connectivity index (χ3v) is 2.78. The molecule has 0 saturated heterocycles. The zero-order chi connectivity index (χ0) is 13.3. The molecule has 0 spiro atoms. The maximum atomic E-state index is 12.1. The molecule has 1 fully saturated rings. The second-order valence-corrected chi connectivity index (χ2v) is 6.39. The highest BCUT2D eigenvalue weighted by molar-refractivity contribution is 6.08. The Labute approximate surface area is 104 Å². The van der Waals surface area contributed by atoms with E-state index < -0.39 is 5.41 Å². The lowest BCUT2D eigenvalue weighted by atomic mass is 10.0. The SMILES string of the molecule is CC(C)CNC(=O)C1(C(=O)NC(C)(C)C)CC1. The lowest BCUT2D eigenvalue weighted by Gasteiger charge is -2.24. The van der Waals surface area contributed by atoms with Crippen molar-refractivity contribution >= 4 is 11.8 Å². The Balaban J connectivity index is 2.57. The van der Waals surface area contributed by atoms with Gasteiger partial charge in [0.25, 0.3) is 0 Å². The molecule has 0 aromatic heterocycles. The second-order valence-electron chi connectivity index (χ2n) is 6.39. The van der Waals surface area contributed by atoms with Crippen LogP contribution in [0.5, 0.6) is 0 Å². The molecule has 2 amide bonds. The molecule has 0 aliphatic heterocycles. The molecule has 1 aliphatic rings. The van der Waals surface area contributed by atoms with Gasteiger partial charge in [0.1, 0.15) is 5.41 Å². The Morgan fingerprint density at radius 2 is 1.71 bits per heavy atom. The number of carbonyl (C=O) groups excluding carboxylic acids is 2. The van der Waals surface area contributed by atoms with Gasteiger partial charge in [-0.15, -0.1) is 0 Å². The van der Waals surface area contributed by atoms with Crippen molar-refractivity contribution in [2.75, 3.05) is 6.54 Å². The van der Waals surface area contributed by atoms with E-state index in [1.165, 1.54) is 0 Å². The molecule has 98 valence electrons. The Hall–Kier alpha value is -1.06. The molecule has 0 atom stereocenters. The molecule has 0 radical (unpaired) electrons. The Bertz CT molecular complexity index is 312. The number of hydrogen-bond acceptors (Lipinski definition) is 2. The third kappa shape index (κ3) is 3.72. The highest BCUT2D eigenvalue weighted by Crippen LogP contribution is 2.46. The minimum absolute atomic E-state index is 0.118. The molecule has 0 unspecified atom stereocenters. The highest BCUT2D eigenvalue weighted by atomic mass is 16.2. The van der Waals surface area contributed by atoms with Crippen LogP contribution in [0.3, 0.4) is 0 Å². The lowest BCUT2D eigenvalue weighted by Crippen LogP contribution is -2.49. The van der Waals surface area contributed by atoms with Crippen molar-refractivity contribution in [2.24, 2.45) is 11.3 Å². The molecular formula is C13H24N2O2. The minimum atomic E-state index is -0.790. The summed E-state index contributed by atoms with van der Waals surface area (Å²) in [7, 11) is 0. The van der Waals surface area contributed by atoms with Gasteiger partial charge in [-0.2, -0.15) is 0 Å². The highest BCUT2D eigenvalue weighted by Gasteiger charge is 2.56. The van der Waals surface area contributed by atoms with E-state index in [1.54, 1.807) is 0 Å². The van der Waals surface area contributed by atoms with Crippen LogP contribution in [0.25, 0.3) is 0 Å². The molecule has 1 saturated carbocycles. The van der Waals surface area contributed by atoms with Crippen LogP contribution in [0.2, 0.25) is 0 Å². The summed E-state index contributed by atoms with van der Waals surface area (Å²) in [5.74, 6) is 0.152. The van der Waals surface area contributed by atoms with Gasteiger partial charge in [0, 0.05) is 12.1 Å². The Kier molecular flexibility index (Phi) is 3.84. The van der Waals surface area contributed by atoms with Gasteiger partial charge < -0.3 is 10.6 Å². The summed E-state index contributed by atoms with van der Waals surface area (Å²) in [5, 5.41) is 5.74. The van der Waals surface area contributed by atoms with E-state index in [4.69, 9.17) is 0 Å². The summed E-state index contributed by atoms with van der Waals surface area (Å²) in [4.78, 5) is 24.0. The summed E-state index contributed by atoms with van der Waals surface area (Å²) < 4.78 is 0. The first kappa shape index (κ1) is 14.0. The summed E-state index contributed by atoms with van der Waals surface area (Å²) in [6.45, 7) is 10.5. The maximum Gasteiger partial charge on any atom is 0.236 e. The fraction of sp³-hybridized carbons (Fsp3) is 0.846.